The number of carbonyl (C=O) groups excluding carboxylic acids is 1. The molecule has 238 valence electrons. The van der Waals surface area contributed by atoms with Gasteiger partial charge in [-0.25, -0.2) is 9.59 Å². The van der Waals surface area contributed by atoms with E-state index in [9.17, 15) is 14.7 Å². The van der Waals surface area contributed by atoms with Crippen molar-refractivity contribution >= 4 is 23.8 Å². The van der Waals surface area contributed by atoms with Crippen LogP contribution in [0.4, 0.5) is 4.79 Å². The molecule has 0 saturated carbocycles. The molecule has 6 nitrogen and oxygen atoms in total. The van der Waals surface area contributed by atoms with Crippen molar-refractivity contribution in [2.24, 2.45) is 0 Å². The second-order valence-electron chi connectivity index (χ2n) is 11.9. The first-order chi connectivity index (χ1) is 22.8. The minimum atomic E-state index is -1.60. The van der Waals surface area contributed by atoms with Crippen LogP contribution in [-0.4, -0.2) is 54.1 Å². The lowest BCUT2D eigenvalue weighted by Crippen LogP contribution is -2.55. The number of fused-ring (bicyclic) bond motifs is 3. The summed E-state index contributed by atoms with van der Waals surface area (Å²) in [6.07, 6.45) is -0.688. The van der Waals surface area contributed by atoms with Gasteiger partial charge < -0.3 is 14.6 Å². The van der Waals surface area contributed by atoms with Crippen LogP contribution < -0.4 is 4.74 Å². The Morgan fingerprint density at radius 3 is 1.68 bits per heavy atom. The van der Waals surface area contributed by atoms with Crippen LogP contribution in [0.1, 0.15) is 40.7 Å². The molecular formula is C40H37NO5S. The zero-order chi connectivity index (χ0) is 33.0. The van der Waals surface area contributed by atoms with Gasteiger partial charge in [-0.3, -0.25) is 4.90 Å². The predicted molar refractivity (Wildman–Crippen MR) is 187 cm³/mol. The lowest BCUT2D eigenvalue weighted by molar-refractivity contribution is -0.147. The monoisotopic (exact) mass is 643 g/mol. The number of thioether (sulfide) groups is 1. The number of carboxylic acids is 1. The smallest absolute Gasteiger partial charge is 0.410 e. The Morgan fingerprint density at radius 2 is 1.19 bits per heavy atom. The van der Waals surface area contributed by atoms with E-state index in [1.165, 1.54) is 23.7 Å². The van der Waals surface area contributed by atoms with Crippen LogP contribution in [0.15, 0.2) is 133 Å². The van der Waals surface area contributed by atoms with Crippen molar-refractivity contribution in [3.63, 3.8) is 0 Å². The van der Waals surface area contributed by atoms with E-state index >= 15 is 0 Å². The Morgan fingerprint density at radius 1 is 0.723 bits per heavy atom. The number of carboxylic acid groups (broad SMARTS) is 1. The fraction of sp³-hybridized carbons (Fsp3) is 0.200. The van der Waals surface area contributed by atoms with Gasteiger partial charge in [-0.1, -0.05) is 121 Å². The van der Waals surface area contributed by atoms with Gasteiger partial charge in [0.05, 0.1) is 11.9 Å². The first kappa shape index (κ1) is 32.0. The zero-order valence-corrected chi connectivity index (χ0v) is 27.4. The summed E-state index contributed by atoms with van der Waals surface area (Å²) in [5.41, 5.74) is 5.76. The Bertz CT molecular complexity index is 1780. The summed E-state index contributed by atoms with van der Waals surface area (Å²) in [6, 6.07) is 44.2. The summed E-state index contributed by atoms with van der Waals surface area (Å²) in [7, 11) is 3.14. The molecule has 0 bridgehead atoms. The van der Waals surface area contributed by atoms with E-state index < -0.39 is 22.3 Å². The average molecular weight is 644 g/mol. The minimum absolute atomic E-state index is 0.0683. The van der Waals surface area contributed by atoms with Crippen LogP contribution in [0.25, 0.3) is 11.1 Å². The molecule has 0 aromatic heterocycles. The topological polar surface area (TPSA) is 76.1 Å². The summed E-state index contributed by atoms with van der Waals surface area (Å²) in [6.45, 7) is 1.68. The van der Waals surface area contributed by atoms with Crippen LogP contribution in [0.5, 0.6) is 5.75 Å². The maximum atomic E-state index is 13.7. The number of hydrogen-bond acceptors (Lipinski definition) is 5. The Labute approximate surface area is 280 Å². The maximum Gasteiger partial charge on any atom is 0.410 e. The van der Waals surface area contributed by atoms with E-state index in [1.54, 1.807) is 14.0 Å². The molecular weight excluding hydrogens is 607 g/mol. The third-order valence-electron chi connectivity index (χ3n) is 9.24. The molecule has 6 rings (SSSR count). The van der Waals surface area contributed by atoms with Gasteiger partial charge >= 0.3 is 12.1 Å². The van der Waals surface area contributed by atoms with Gasteiger partial charge in [-0.15, -0.1) is 11.8 Å². The molecule has 1 N–H and O–H groups in total. The number of nitrogens with zero attached hydrogens (tertiary/aromatic N) is 1. The van der Waals surface area contributed by atoms with Crippen LogP contribution in [-0.2, 0) is 14.3 Å². The molecule has 1 atom stereocenters. The third-order valence-corrected chi connectivity index (χ3v) is 11.1. The van der Waals surface area contributed by atoms with E-state index in [4.69, 9.17) is 9.47 Å². The fourth-order valence-electron chi connectivity index (χ4n) is 6.36. The van der Waals surface area contributed by atoms with E-state index in [2.05, 4.69) is 48.5 Å². The Hall–Kier alpha value is -5.01. The van der Waals surface area contributed by atoms with E-state index in [1.807, 2.05) is 84.9 Å². The number of ether oxygens (including phenoxy) is 2. The van der Waals surface area contributed by atoms with Gasteiger partial charge in [0.2, 0.25) is 0 Å². The van der Waals surface area contributed by atoms with Crippen molar-refractivity contribution in [1.82, 2.24) is 4.90 Å². The summed E-state index contributed by atoms with van der Waals surface area (Å²) in [5.74, 6) is -0.465. The average Bonchev–Trinajstić information content (AvgIpc) is 3.45. The predicted octanol–water partition coefficient (Wildman–Crippen LogP) is 8.44. The van der Waals surface area contributed by atoms with Crippen LogP contribution in [0.2, 0.25) is 0 Å². The third kappa shape index (κ3) is 5.87. The molecule has 47 heavy (non-hydrogen) atoms. The van der Waals surface area contributed by atoms with Gasteiger partial charge in [-0.05, 0) is 58.0 Å². The number of carbonyl (C=O) groups is 2. The maximum absolute atomic E-state index is 13.7. The van der Waals surface area contributed by atoms with Crippen LogP contribution in [0.3, 0.4) is 0 Å². The molecule has 0 fully saturated rings. The normalized spacial score (nSPS) is 13.6. The molecule has 5 aromatic carbocycles. The number of rotatable bonds is 11. The van der Waals surface area contributed by atoms with Crippen molar-refractivity contribution in [3.05, 3.63) is 161 Å². The molecule has 0 heterocycles. The molecule has 1 aliphatic carbocycles. The molecule has 0 spiro atoms. The van der Waals surface area contributed by atoms with Crippen molar-refractivity contribution in [3.8, 4) is 16.9 Å². The standard InChI is InChI=1S/C40H37NO5S/c1-39(37(42)43,41(2)38(44)46-26-36-34-20-12-10-18-32(34)33-19-11-13-21-35(33)36)27-47-40(28-14-6-4-7-15-28,29-16-8-5-9-17-29)30-22-24-31(45-3)25-23-30/h4-25,36H,26-27H2,1-3H3,(H,42,43)/t39-/m0/s1. The fourth-order valence-corrected chi connectivity index (χ4v) is 8.09. The van der Waals surface area contributed by atoms with Crippen molar-refractivity contribution < 1.29 is 24.2 Å². The summed E-state index contributed by atoms with van der Waals surface area (Å²) >= 11 is 1.48. The molecule has 7 heteroatoms. The number of aliphatic carboxylic acids is 1. The Kier molecular flexibility index (Phi) is 9.10. The van der Waals surface area contributed by atoms with Gasteiger partial charge in [0.25, 0.3) is 0 Å². The van der Waals surface area contributed by atoms with Crippen LogP contribution >= 0.6 is 11.8 Å². The van der Waals surface area contributed by atoms with E-state index in [-0.39, 0.29) is 18.3 Å². The first-order valence-electron chi connectivity index (χ1n) is 15.5. The highest BCUT2D eigenvalue weighted by molar-refractivity contribution is 8.00. The van der Waals surface area contributed by atoms with Gasteiger partial charge in [0.1, 0.15) is 17.9 Å². The number of methoxy groups -OCH3 is 1. The molecule has 0 saturated heterocycles. The number of likely N-dealkylation sites (N-methyl/N-ethyl adjacent to an activating group) is 1. The highest BCUT2D eigenvalue weighted by Crippen LogP contribution is 2.50. The molecule has 0 radical (unpaired) electrons. The SMILES string of the molecule is COc1ccc(C(SC[C@@](C)(C(=O)O)N(C)C(=O)OCC2c3ccccc3-c3ccccc32)(c2ccccc2)c2ccccc2)cc1. The first-order valence-corrected chi connectivity index (χ1v) is 16.5. The van der Waals surface area contributed by atoms with Gasteiger partial charge in [0.15, 0.2) is 0 Å². The lowest BCUT2D eigenvalue weighted by Gasteiger charge is -2.40. The second-order valence-corrected chi connectivity index (χ2v) is 13.1. The number of benzene rings is 5. The van der Waals surface area contributed by atoms with Gasteiger partial charge in [-0.2, -0.15) is 0 Å². The summed E-state index contributed by atoms with van der Waals surface area (Å²) in [4.78, 5) is 28.0. The summed E-state index contributed by atoms with van der Waals surface area (Å²) in [5, 5.41) is 10.7. The number of amides is 1. The second kappa shape index (κ2) is 13.4. The highest BCUT2D eigenvalue weighted by atomic mass is 32.2. The molecule has 1 amide bonds. The summed E-state index contributed by atoms with van der Waals surface area (Å²) < 4.78 is 10.6. The molecule has 5 aromatic rings. The number of hydrogen-bond donors (Lipinski definition) is 1. The van der Waals surface area contributed by atoms with Crippen molar-refractivity contribution in [2.45, 2.75) is 23.1 Å². The van der Waals surface area contributed by atoms with Gasteiger partial charge in [0, 0.05) is 18.7 Å². The van der Waals surface area contributed by atoms with E-state index in [0.29, 0.717) is 0 Å². The zero-order valence-electron chi connectivity index (χ0n) is 26.6. The molecule has 1 aliphatic rings. The van der Waals surface area contributed by atoms with E-state index in [0.717, 1.165) is 44.7 Å². The van der Waals surface area contributed by atoms with Crippen LogP contribution in [0, 0.1) is 0 Å². The van der Waals surface area contributed by atoms with Crippen molar-refractivity contribution in [2.75, 3.05) is 26.5 Å². The molecule has 0 unspecified atom stereocenters. The van der Waals surface area contributed by atoms with Crippen molar-refractivity contribution in [1.29, 1.82) is 0 Å². The highest BCUT2D eigenvalue weighted by Gasteiger charge is 2.46. The quantitative estimate of drug-likeness (QED) is 0.146. The minimum Gasteiger partial charge on any atom is -0.497 e. The largest absolute Gasteiger partial charge is 0.497 e. The Balaban J connectivity index is 1.31. The lowest BCUT2D eigenvalue weighted by atomic mass is 9.84. The molecule has 0 aliphatic heterocycles.